The van der Waals surface area contributed by atoms with E-state index >= 15 is 0 Å². The van der Waals surface area contributed by atoms with Crippen LogP contribution in [0.3, 0.4) is 0 Å². The summed E-state index contributed by atoms with van der Waals surface area (Å²) in [6.07, 6.45) is 0. The summed E-state index contributed by atoms with van der Waals surface area (Å²) in [6, 6.07) is 3.52. The fourth-order valence-electron chi connectivity index (χ4n) is 1.78. The highest BCUT2D eigenvalue weighted by Crippen LogP contribution is 2.28. The maximum atomic E-state index is 11.7. The van der Waals surface area contributed by atoms with Crippen molar-refractivity contribution in [2.45, 2.75) is 13.8 Å². The third kappa shape index (κ3) is 2.01. The molecule has 1 aliphatic rings. The third-order valence-corrected chi connectivity index (χ3v) is 2.83. The Morgan fingerprint density at radius 3 is 2.24 bits per heavy atom. The van der Waals surface area contributed by atoms with Crippen LogP contribution in [0.15, 0.2) is 12.1 Å². The summed E-state index contributed by atoms with van der Waals surface area (Å²) < 4.78 is 4.86. The molecule has 0 aliphatic carbocycles. The number of hydrogen-bond donors (Lipinski definition) is 1. The second-order valence-corrected chi connectivity index (χ2v) is 4.11. The predicted molar refractivity (Wildman–Crippen MR) is 63.6 cm³/mol. The molecular weight excluding hydrogens is 220 g/mol. The second-order valence-electron chi connectivity index (χ2n) is 4.11. The van der Waals surface area contributed by atoms with Crippen LogP contribution in [0.4, 0.5) is 11.4 Å². The molecule has 17 heavy (non-hydrogen) atoms. The molecule has 1 aliphatic heterocycles. The molecule has 1 heterocycles. The highest BCUT2D eigenvalue weighted by atomic mass is 16.5. The Morgan fingerprint density at radius 1 is 1.12 bits per heavy atom. The minimum atomic E-state index is -0.379. The first-order chi connectivity index (χ1) is 8.00. The molecular formula is C12H14N2O3. The fourth-order valence-corrected chi connectivity index (χ4v) is 1.78. The van der Waals surface area contributed by atoms with Crippen molar-refractivity contribution in [1.29, 1.82) is 0 Å². The summed E-state index contributed by atoms with van der Waals surface area (Å²) in [5.74, 6) is -0.757. The molecule has 0 saturated carbocycles. The molecule has 2 N–H and O–H groups in total. The molecule has 5 nitrogen and oxygen atoms in total. The molecule has 0 atom stereocenters. The Balaban J connectivity index is 2.48. The van der Waals surface area contributed by atoms with Crippen molar-refractivity contribution < 1.29 is 14.3 Å². The van der Waals surface area contributed by atoms with E-state index in [1.807, 2.05) is 13.8 Å². The smallest absolute Gasteiger partial charge is 0.259 e. The van der Waals surface area contributed by atoms with Crippen molar-refractivity contribution in [1.82, 2.24) is 0 Å². The van der Waals surface area contributed by atoms with Crippen molar-refractivity contribution in [3.05, 3.63) is 23.3 Å². The average Bonchev–Trinajstić information content (AvgIpc) is 2.25. The van der Waals surface area contributed by atoms with Gasteiger partial charge >= 0.3 is 0 Å². The normalized spacial score (nSPS) is 16.5. The summed E-state index contributed by atoms with van der Waals surface area (Å²) in [5, 5.41) is 0. The number of rotatable bonds is 1. The van der Waals surface area contributed by atoms with E-state index in [1.165, 1.54) is 0 Å². The lowest BCUT2D eigenvalue weighted by Crippen LogP contribution is -2.46. The van der Waals surface area contributed by atoms with Gasteiger partial charge in [-0.2, -0.15) is 0 Å². The van der Waals surface area contributed by atoms with Crippen molar-refractivity contribution in [3.63, 3.8) is 0 Å². The Morgan fingerprint density at radius 2 is 1.65 bits per heavy atom. The molecule has 1 fully saturated rings. The van der Waals surface area contributed by atoms with E-state index in [0.29, 0.717) is 11.4 Å². The molecule has 90 valence electrons. The first-order valence-electron chi connectivity index (χ1n) is 5.31. The molecule has 0 bridgehead atoms. The van der Waals surface area contributed by atoms with Gasteiger partial charge in [0.1, 0.15) is 13.2 Å². The number of carbonyl (C=O) groups excluding carboxylic acids is 2. The van der Waals surface area contributed by atoms with E-state index in [0.717, 1.165) is 16.0 Å². The minimum absolute atomic E-state index is 0.0852. The molecule has 0 radical (unpaired) electrons. The summed E-state index contributed by atoms with van der Waals surface area (Å²) in [5.41, 5.74) is 8.75. The van der Waals surface area contributed by atoms with Gasteiger partial charge in [-0.1, -0.05) is 0 Å². The van der Waals surface area contributed by atoms with Gasteiger partial charge in [0, 0.05) is 0 Å². The van der Waals surface area contributed by atoms with E-state index in [-0.39, 0.29) is 25.0 Å². The number of imide groups is 1. The number of nitrogen functional groups attached to an aromatic ring is 1. The molecule has 2 amide bonds. The van der Waals surface area contributed by atoms with Gasteiger partial charge in [0.2, 0.25) is 0 Å². The van der Waals surface area contributed by atoms with E-state index in [2.05, 4.69) is 0 Å². The molecule has 2 rings (SSSR count). The van der Waals surface area contributed by atoms with Crippen LogP contribution in [-0.4, -0.2) is 25.0 Å². The molecule has 0 spiro atoms. The zero-order chi connectivity index (χ0) is 12.6. The average molecular weight is 234 g/mol. The van der Waals surface area contributed by atoms with Gasteiger partial charge in [0.15, 0.2) is 0 Å². The largest absolute Gasteiger partial charge is 0.397 e. The molecule has 5 heteroatoms. The van der Waals surface area contributed by atoms with Crippen molar-refractivity contribution >= 4 is 23.2 Å². The number of morpholine rings is 1. The predicted octanol–water partition coefficient (Wildman–Crippen LogP) is 0.775. The monoisotopic (exact) mass is 234 g/mol. The SMILES string of the molecule is Cc1cc(N)c(N2C(=O)COCC2=O)cc1C. The topological polar surface area (TPSA) is 72.6 Å². The fraction of sp³-hybridized carbons (Fsp3) is 0.333. The number of anilines is 2. The zero-order valence-corrected chi connectivity index (χ0v) is 9.82. The number of carbonyl (C=O) groups is 2. The lowest BCUT2D eigenvalue weighted by atomic mass is 10.1. The van der Waals surface area contributed by atoms with Crippen molar-refractivity contribution in [2.75, 3.05) is 23.8 Å². The quantitative estimate of drug-likeness (QED) is 0.575. The zero-order valence-electron chi connectivity index (χ0n) is 9.82. The highest BCUT2D eigenvalue weighted by Gasteiger charge is 2.29. The summed E-state index contributed by atoms with van der Waals surface area (Å²) in [6.45, 7) is 3.67. The number of hydrogen-bond acceptors (Lipinski definition) is 4. The lowest BCUT2D eigenvalue weighted by Gasteiger charge is -2.26. The van der Waals surface area contributed by atoms with Gasteiger partial charge in [-0.25, -0.2) is 4.90 Å². The van der Waals surface area contributed by atoms with Crippen LogP contribution in [0.5, 0.6) is 0 Å². The van der Waals surface area contributed by atoms with Crippen LogP contribution >= 0.6 is 0 Å². The van der Waals surface area contributed by atoms with E-state index in [4.69, 9.17) is 10.5 Å². The van der Waals surface area contributed by atoms with Gasteiger partial charge in [-0.3, -0.25) is 9.59 Å². The maximum absolute atomic E-state index is 11.7. The van der Waals surface area contributed by atoms with Crippen LogP contribution in [0, 0.1) is 13.8 Å². The highest BCUT2D eigenvalue weighted by molar-refractivity contribution is 6.18. The summed E-state index contributed by atoms with van der Waals surface area (Å²) in [7, 11) is 0. The number of nitrogens with zero attached hydrogens (tertiary/aromatic N) is 1. The van der Waals surface area contributed by atoms with Crippen LogP contribution < -0.4 is 10.6 Å². The number of nitrogens with two attached hydrogens (primary N) is 1. The van der Waals surface area contributed by atoms with Gasteiger partial charge < -0.3 is 10.5 Å². The van der Waals surface area contributed by atoms with E-state index in [1.54, 1.807) is 12.1 Å². The van der Waals surface area contributed by atoms with Gasteiger partial charge in [0.25, 0.3) is 11.8 Å². The lowest BCUT2D eigenvalue weighted by molar-refractivity contribution is -0.138. The Bertz CT molecular complexity index is 481. The standard InChI is InChI=1S/C12H14N2O3/c1-7-3-9(13)10(4-8(7)2)14-11(15)5-17-6-12(14)16/h3-4H,5-6,13H2,1-2H3. The third-order valence-electron chi connectivity index (χ3n) is 2.83. The first kappa shape index (κ1) is 11.6. The van der Waals surface area contributed by atoms with Crippen LogP contribution in [0.1, 0.15) is 11.1 Å². The van der Waals surface area contributed by atoms with Gasteiger partial charge in [-0.05, 0) is 37.1 Å². The van der Waals surface area contributed by atoms with Crippen LogP contribution in [0.25, 0.3) is 0 Å². The Kier molecular flexibility index (Phi) is 2.85. The molecule has 0 unspecified atom stereocenters. The number of aryl methyl sites for hydroxylation is 2. The summed E-state index contributed by atoms with van der Waals surface area (Å²) >= 11 is 0. The molecule has 1 saturated heterocycles. The second kappa shape index (κ2) is 4.18. The van der Waals surface area contributed by atoms with Gasteiger partial charge in [-0.15, -0.1) is 0 Å². The molecule has 0 aromatic heterocycles. The van der Waals surface area contributed by atoms with E-state index in [9.17, 15) is 9.59 Å². The first-order valence-corrected chi connectivity index (χ1v) is 5.31. The Hall–Kier alpha value is -1.88. The number of ether oxygens (including phenoxy) is 1. The Labute approximate surface area is 99.2 Å². The molecule has 1 aromatic carbocycles. The van der Waals surface area contributed by atoms with Crippen molar-refractivity contribution in [2.24, 2.45) is 0 Å². The van der Waals surface area contributed by atoms with Crippen LogP contribution in [-0.2, 0) is 14.3 Å². The number of amides is 2. The van der Waals surface area contributed by atoms with Crippen LogP contribution in [0.2, 0.25) is 0 Å². The number of benzene rings is 1. The van der Waals surface area contributed by atoms with Crippen molar-refractivity contribution in [3.8, 4) is 0 Å². The minimum Gasteiger partial charge on any atom is -0.397 e. The van der Waals surface area contributed by atoms with Gasteiger partial charge in [0.05, 0.1) is 11.4 Å². The molecule has 1 aromatic rings. The summed E-state index contributed by atoms with van der Waals surface area (Å²) in [4.78, 5) is 24.5. The maximum Gasteiger partial charge on any atom is 0.259 e. The van der Waals surface area contributed by atoms with E-state index < -0.39 is 0 Å².